The fourth-order valence-corrected chi connectivity index (χ4v) is 5.07. The molecule has 0 radical (unpaired) electrons. The summed E-state index contributed by atoms with van der Waals surface area (Å²) in [6, 6.07) is 15.7. The Balaban J connectivity index is 1.73. The number of hydrogen-bond acceptors (Lipinski definition) is 6. The number of methoxy groups -OCH3 is 1. The quantitative estimate of drug-likeness (QED) is 0.427. The minimum atomic E-state index is -1.78. The van der Waals surface area contributed by atoms with Crippen LogP contribution in [-0.4, -0.2) is 54.4 Å². The second-order valence-electron chi connectivity index (χ2n) is 8.28. The molecule has 174 valence electrons. The number of aliphatic hydroxyl groups excluding tert-OH is 1. The summed E-state index contributed by atoms with van der Waals surface area (Å²) in [5.74, 6) is -2.70. The van der Waals surface area contributed by atoms with Crippen molar-refractivity contribution in [2.75, 3.05) is 31.7 Å². The lowest BCUT2D eigenvalue weighted by molar-refractivity contribution is -0.140. The summed E-state index contributed by atoms with van der Waals surface area (Å²) >= 11 is 0. The van der Waals surface area contributed by atoms with Gasteiger partial charge in [-0.25, -0.2) is 0 Å². The van der Waals surface area contributed by atoms with Gasteiger partial charge in [0.25, 0.3) is 11.8 Å². The highest BCUT2D eigenvalue weighted by Gasteiger charge is 2.65. The number of ketones is 1. The molecule has 8 nitrogen and oxygen atoms in total. The summed E-state index contributed by atoms with van der Waals surface area (Å²) in [7, 11) is 1.54. The van der Waals surface area contributed by atoms with Crippen molar-refractivity contribution in [3.05, 3.63) is 77.3 Å². The molecule has 5 rings (SSSR count). The van der Waals surface area contributed by atoms with Crippen molar-refractivity contribution in [2.24, 2.45) is 0 Å². The first-order valence-corrected chi connectivity index (χ1v) is 11.2. The number of aliphatic hydroxyl groups is 1. The van der Waals surface area contributed by atoms with Crippen LogP contribution in [0.1, 0.15) is 29.5 Å². The maximum absolute atomic E-state index is 14.0. The minimum absolute atomic E-state index is 0.0473. The number of hydrogen-bond donors (Lipinski definition) is 1. The number of rotatable bonds is 7. The van der Waals surface area contributed by atoms with Crippen molar-refractivity contribution >= 4 is 34.3 Å². The Bertz CT molecular complexity index is 1320. The molecule has 0 aliphatic carbocycles. The predicted molar refractivity (Wildman–Crippen MR) is 125 cm³/mol. The van der Waals surface area contributed by atoms with Crippen LogP contribution in [0.2, 0.25) is 0 Å². The topological polar surface area (TPSA) is 100 Å². The Morgan fingerprint density at radius 3 is 2.59 bits per heavy atom. The highest BCUT2D eigenvalue weighted by atomic mass is 16.5. The third-order valence-electron chi connectivity index (χ3n) is 6.51. The molecule has 2 aromatic carbocycles. The van der Waals surface area contributed by atoms with Crippen LogP contribution in [0.5, 0.6) is 0 Å². The standard InChI is InChI=1S/C26H24N2O6/c1-3-27-18-11-6-5-10-17(18)26(25(27)32)21(23(30)24(31)28(26)13-8-14-33-2)22(29)20-15-16-9-4-7-12-19(16)34-20/h4-7,9-12,15,30H,3,8,13-14H2,1-2H3. The molecule has 1 aromatic heterocycles. The van der Waals surface area contributed by atoms with Crippen molar-refractivity contribution in [2.45, 2.75) is 18.9 Å². The smallest absolute Gasteiger partial charge is 0.290 e. The third kappa shape index (κ3) is 2.85. The number of likely N-dealkylation sites (N-methyl/N-ethyl adjacent to an activating group) is 1. The van der Waals surface area contributed by atoms with Crippen LogP contribution in [0.4, 0.5) is 5.69 Å². The van der Waals surface area contributed by atoms with E-state index < -0.39 is 28.9 Å². The number of furan rings is 1. The normalized spacial score (nSPS) is 19.7. The molecule has 1 unspecified atom stereocenters. The molecule has 8 heteroatoms. The van der Waals surface area contributed by atoms with E-state index in [9.17, 15) is 19.5 Å². The molecule has 2 amide bonds. The highest BCUT2D eigenvalue weighted by Crippen LogP contribution is 2.53. The van der Waals surface area contributed by atoms with E-state index in [1.54, 1.807) is 55.6 Å². The maximum Gasteiger partial charge on any atom is 0.290 e. The number of ether oxygens (including phenoxy) is 1. The van der Waals surface area contributed by atoms with Crippen LogP contribution in [0, 0.1) is 0 Å². The average molecular weight is 460 g/mol. The van der Waals surface area contributed by atoms with E-state index in [1.165, 1.54) is 9.80 Å². The maximum atomic E-state index is 14.0. The van der Waals surface area contributed by atoms with Crippen molar-refractivity contribution < 1.29 is 28.6 Å². The van der Waals surface area contributed by atoms with Crippen molar-refractivity contribution in [3.63, 3.8) is 0 Å². The average Bonchev–Trinajstić information content (AvgIpc) is 3.45. The summed E-state index contributed by atoms with van der Waals surface area (Å²) < 4.78 is 10.9. The Labute approximate surface area is 196 Å². The van der Waals surface area contributed by atoms with Crippen LogP contribution < -0.4 is 4.90 Å². The zero-order valence-electron chi connectivity index (χ0n) is 18.9. The van der Waals surface area contributed by atoms with Crippen LogP contribution in [0.3, 0.4) is 0 Å². The van der Waals surface area contributed by atoms with E-state index in [4.69, 9.17) is 9.15 Å². The van der Waals surface area contributed by atoms with Gasteiger partial charge in [0.15, 0.2) is 17.1 Å². The molecule has 1 atom stereocenters. The zero-order chi connectivity index (χ0) is 24.0. The predicted octanol–water partition coefficient (Wildman–Crippen LogP) is 3.57. The molecule has 0 bridgehead atoms. The SMILES string of the molecule is CCN1C(=O)C2(C(C(=O)c3cc4ccccc4o3)=C(O)C(=O)N2CCCOC)c2ccccc21. The fraction of sp³-hybridized carbons (Fsp3) is 0.269. The Hall–Kier alpha value is -3.91. The van der Waals surface area contributed by atoms with Gasteiger partial charge in [-0.3, -0.25) is 14.4 Å². The van der Waals surface area contributed by atoms with Crippen molar-refractivity contribution in [3.8, 4) is 0 Å². The van der Waals surface area contributed by atoms with Gasteiger partial charge in [0.2, 0.25) is 5.78 Å². The van der Waals surface area contributed by atoms with E-state index in [-0.39, 0.29) is 17.9 Å². The molecule has 0 saturated carbocycles. The summed E-state index contributed by atoms with van der Waals surface area (Å²) in [6.45, 7) is 2.63. The first-order chi connectivity index (χ1) is 16.5. The number of para-hydroxylation sites is 2. The second-order valence-corrected chi connectivity index (χ2v) is 8.28. The number of amides is 2. The van der Waals surface area contributed by atoms with Gasteiger partial charge in [0.05, 0.1) is 11.3 Å². The molecule has 2 aliphatic heterocycles. The number of fused-ring (bicyclic) bond motifs is 3. The number of anilines is 1. The second kappa shape index (κ2) is 8.14. The fourth-order valence-electron chi connectivity index (χ4n) is 5.07. The van der Waals surface area contributed by atoms with Crippen LogP contribution in [0.25, 0.3) is 11.0 Å². The minimum Gasteiger partial charge on any atom is -0.503 e. The number of Topliss-reactive ketones (excluding diaryl/α,β-unsaturated/α-hetero) is 1. The monoisotopic (exact) mass is 460 g/mol. The Kier molecular flexibility index (Phi) is 5.25. The van der Waals surface area contributed by atoms with Gasteiger partial charge in [-0.05, 0) is 31.5 Å². The number of benzene rings is 2. The molecular weight excluding hydrogens is 436 g/mol. The van der Waals surface area contributed by atoms with Crippen LogP contribution in [0.15, 0.2) is 70.3 Å². The first-order valence-electron chi connectivity index (χ1n) is 11.2. The zero-order valence-corrected chi connectivity index (χ0v) is 18.9. The first kappa shape index (κ1) is 21.9. The molecule has 34 heavy (non-hydrogen) atoms. The van der Waals surface area contributed by atoms with E-state index >= 15 is 0 Å². The van der Waals surface area contributed by atoms with Gasteiger partial charge >= 0.3 is 0 Å². The number of carbonyl (C=O) groups is 3. The lowest BCUT2D eigenvalue weighted by Crippen LogP contribution is -2.54. The van der Waals surface area contributed by atoms with E-state index in [1.807, 2.05) is 13.0 Å². The summed E-state index contributed by atoms with van der Waals surface area (Å²) in [5, 5.41) is 11.7. The molecule has 0 saturated heterocycles. The molecule has 1 spiro atoms. The van der Waals surface area contributed by atoms with Gasteiger partial charge in [-0.2, -0.15) is 0 Å². The Morgan fingerprint density at radius 2 is 1.85 bits per heavy atom. The third-order valence-corrected chi connectivity index (χ3v) is 6.51. The molecule has 2 aliphatic rings. The summed E-state index contributed by atoms with van der Waals surface area (Å²) in [4.78, 5) is 44.1. The number of nitrogens with zero attached hydrogens (tertiary/aromatic N) is 2. The van der Waals surface area contributed by atoms with Gasteiger partial charge in [-0.15, -0.1) is 0 Å². The van der Waals surface area contributed by atoms with Gasteiger partial charge in [-0.1, -0.05) is 36.4 Å². The lowest BCUT2D eigenvalue weighted by Gasteiger charge is -2.35. The van der Waals surface area contributed by atoms with Crippen molar-refractivity contribution in [1.29, 1.82) is 0 Å². The lowest BCUT2D eigenvalue weighted by atomic mass is 9.81. The van der Waals surface area contributed by atoms with Crippen LogP contribution in [-0.2, 0) is 19.9 Å². The number of carbonyl (C=O) groups excluding carboxylic acids is 3. The van der Waals surface area contributed by atoms with Crippen LogP contribution >= 0.6 is 0 Å². The summed E-state index contributed by atoms with van der Waals surface area (Å²) in [5.41, 5.74) is -0.477. The van der Waals surface area contributed by atoms with Crippen molar-refractivity contribution in [1.82, 2.24) is 4.90 Å². The van der Waals surface area contributed by atoms with E-state index in [0.29, 0.717) is 41.8 Å². The molecule has 3 heterocycles. The van der Waals surface area contributed by atoms with Gasteiger partial charge in [0.1, 0.15) is 5.58 Å². The Morgan fingerprint density at radius 1 is 1.12 bits per heavy atom. The molecule has 1 N–H and O–H groups in total. The van der Waals surface area contributed by atoms with E-state index in [2.05, 4.69) is 0 Å². The van der Waals surface area contributed by atoms with E-state index in [0.717, 1.165) is 0 Å². The van der Waals surface area contributed by atoms with Gasteiger partial charge < -0.3 is 24.1 Å². The largest absolute Gasteiger partial charge is 0.503 e. The molecule has 3 aromatic rings. The molecule has 0 fully saturated rings. The molecular formula is C26H24N2O6. The summed E-state index contributed by atoms with van der Waals surface area (Å²) in [6.07, 6.45) is 0.422. The van der Waals surface area contributed by atoms with Gasteiger partial charge in [0, 0.05) is 37.8 Å². The highest BCUT2D eigenvalue weighted by molar-refractivity contribution is 6.26.